The zero-order valence-corrected chi connectivity index (χ0v) is 83.0. The Morgan fingerprint density at radius 3 is 0.966 bits per heavy atom. The second kappa shape index (κ2) is 34.7. The van der Waals surface area contributed by atoms with Gasteiger partial charge in [-0.2, -0.15) is 0 Å². The molecule has 0 saturated carbocycles. The topological polar surface area (TPSA) is 116 Å². The van der Waals surface area contributed by atoms with E-state index in [1.165, 1.54) is 138 Å². The number of fused-ring (bicyclic) bond motifs is 25. The smallest absolute Gasteiger partial charge is 0.0972 e. The summed E-state index contributed by atoms with van der Waals surface area (Å²) in [5.74, 6) is 0. The molecular formula is C140H95N9. The highest BCUT2D eigenvalue weighted by Gasteiger charge is 2.44. The van der Waals surface area contributed by atoms with Gasteiger partial charge in [0.05, 0.1) is 83.8 Å². The zero-order valence-electron chi connectivity index (χ0n) is 83.0. The predicted octanol–water partition coefficient (Wildman–Crippen LogP) is 35.9. The highest BCUT2D eigenvalue weighted by Crippen LogP contribution is 2.59. The lowest BCUT2D eigenvalue weighted by Crippen LogP contribution is -2.16. The number of hydrogen-bond donors (Lipinski definition) is 0. The first-order chi connectivity index (χ1) is 73.1. The Hall–Kier alpha value is -18.8. The van der Waals surface area contributed by atoms with Crippen LogP contribution in [0.5, 0.6) is 0 Å². The van der Waals surface area contributed by atoms with E-state index in [0.29, 0.717) is 0 Å². The Morgan fingerprint density at radius 1 is 0.168 bits per heavy atom. The molecule has 3 aliphatic carbocycles. The molecule has 149 heavy (non-hydrogen) atoms. The van der Waals surface area contributed by atoms with Gasteiger partial charge in [0, 0.05) is 117 Å². The molecule has 0 saturated heterocycles. The van der Waals surface area contributed by atoms with E-state index in [4.69, 9.17) is 34.9 Å². The van der Waals surface area contributed by atoms with Crippen LogP contribution >= 0.6 is 0 Å². The SMILES string of the molecule is CC1(C)c2ccccc2-c2nc3ccc4ccccc4c3c(-c3ccc(-c4cccc(-c5cc6cccnc6c6ncccc56)c4)cc3)c21.CC1(C)c2ccccc2-c2nc3ccc4ccccc4c3c(-c3ccc(-c4cccc(-c5ccc6ccc7ccc(-c8ccccc8)nc7c6n5)c4)cc3)c21.CC1(C)c2ccccc2-c2nc3ccccc3c(-c3ccc(-c4cccc(-c5ccc6ccc7cccnc7c6n5)c4)cc3)c21. The van der Waals surface area contributed by atoms with Crippen molar-refractivity contribution in [2.75, 3.05) is 0 Å². The van der Waals surface area contributed by atoms with Gasteiger partial charge in [-0.05, 0) is 212 Å². The number of aromatic nitrogens is 9. The third kappa shape index (κ3) is 14.5. The van der Waals surface area contributed by atoms with Gasteiger partial charge in [0.15, 0.2) is 0 Å². The fourth-order valence-corrected chi connectivity index (χ4v) is 24.3. The van der Waals surface area contributed by atoms with Gasteiger partial charge in [-0.1, -0.05) is 412 Å². The molecule has 0 N–H and O–H groups in total. The maximum Gasteiger partial charge on any atom is 0.0972 e. The van der Waals surface area contributed by atoms with Gasteiger partial charge in [0.1, 0.15) is 0 Å². The molecule has 30 rings (SSSR count). The standard InChI is InChI=1S/C52H35N3.C46H31N3.C42H29N3/c1-52(2)42-18-9-8-17-41(42)51-48(52)46(47-40-16-7-6-11-33(40)25-30-45(47)55-51)35-21-19-32(20-22-35)38-14-10-15-39(31-38)44-29-27-37-24-23-36-26-28-43(34-12-4-3-5-13-34)53-49(36)50(37)54-44;1-46(2)38-17-6-5-15-36(38)44-42(46)40(41-34-14-4-3-10-29(34)22-23-39(41)49-44)30-20-18-28(19-21-30)31-11-7-12-32(26-31)37-27-33-13-8-24-47-43(33)45-35(37)16-9-25-48-45;1-42(2)34-14-5-3-12-32(34)41-38(42)37(33-13-4-6-15-36(33)45-41)27-18-16-26(17-19-27)30-9-7-10-31(25-30)35-23-22-29-21-20-28-11-8-24-43-39(28)40(29)44-35/h3-31H,1-2H3;3-27H,1-2H3;3-25H,1-2H3. The van der Waals surface area contributed by atoms with Crippen LogP contribution < -0.4 is 0 Å². The summed E-state index contributed by atoms with van der Waals surface area (Å²) in [7, 11) is 0. The summed E-state index contributed by atoms with van der Waals surface area (Å²) < 4.78 is 0. The minimum absolute atomic E-state index is 0.154. The van der Waals surface area contributed by atoms with Crippen LogP contribution in [0.3, 0.4) is 0 Å². The van der Waals surface area contributed by atoms with Crippen LogP contribution in [0.25, 0.3) is 265 Å². The van der Waals surface area contributed by atoms with Crippen molar-refractivity contribution in [1.29, 1.82) is 0 Å². The third-order valence-corrected chi connectivity index (χ3v) is 31.6. The van der Waals surface area contributed by atoms with E-state index in [2.05, 4.69) is 476 Å². The molecule has 27 aromatic rings. The number of rotatable bonds is 10. The van der Waals surface area contributed by atoms with E-state index < -0.39 is 0 Å². The third-order valence-electron chi connectivity index (χ3n) is 31.6. The number of pyridine rings is 9. The summed E-state index contributed by atoms with van der Waals surface area (Å²) in [6.45, 7) is 14.1. The van der Waals surface area contributed by atoms with Gasteiger partial charge in [-0.3, -0.25) is 15.0 Å². The average Bonchev–Trinajstić information content (AvgIpc) is 1.57. The van der Waals surface area contributed by atoms with Crippen LogP contribution in [0.15, 0.2) is 468 Å². The fourth-order valence-electron chi connectivity index (χ4n) is 24.3. The first-order valence-electron chi connectivity index (χ1n) is 51.2. The summed E-state index contributed by atoms with van der Waals surface area (Å²) in [5, 5.41) is 15.1. The Labute approximate surface area is 862 Å². The summed E-state index contributed by atoms with van der Waals surface area (Å²) in [5.41, 5.74) is 45.9. The van der Waals surface area contributed by atoms with Crippen LogP contribution in [-0.4, -0.2) is 44.9 Å². The van der Waals surface area contributed by atoms with Crippen LogP contribution in [0.4, 0.5) is 0 Å². The second-order valence-electron chi connectivity index (χ2n) is 41.3. The lowest BCUT2D eigenvalue weighted by molar-refractivity contribution is 0.661. The average molecular weight is 1900 g/mol. The fraction of sp³-hybridized carbons (Fsp3) is 0.0643. The summed E-state index contributed by atoms with van der Waals surface area (Å²) in [6, 6.07) is 161. The van der Waals surface area contributed by atoms with Gasteiger partial charge in [0.25, 0.3) is 0 Å². The van der Waals surface area contributed by atoms with Crippen molar-refractivity contribution in [3.05, 3.63) is 501 Å². The molecule has 0 amide bonds. The van der Waals surface area contributed by atoms with Crippen molar-refractivity contribution in [2.24, 2.45) is 0 Å². The molecule has 0 radical (unpaired) electrons. The second-order valence-corrected chi connectivity index (χ2v) is 41.3. The zero-order chi connectivity index (χ0) is 99.5. The molecule has 0 atom stereocenters. The largest absolute Gasteiger partial charge is 0.254 e. The van der Waals surface area contributed by atoms with E-state index in [-0.39, 0.29) is 16.2 Å². The van der Waals surface area contributed by atoms with Crippen molar-refractivity contribution in [1.82, 2.24) is 44.9 Å². The molecule has 9 nitrogen and oxygen atoms in total. The molecule has 0 fully saturated rings. The number of para-hydroxylation sites is 1. The van der Waals surface area contributed by atoms with E-state index in [1.54, 1.807) is 0 Å². The summed E-state index contributed by atoms with van der Waals surface area (Å²) in [4.78, 5) is 45.4. The van der Waals surface area contributed by atoms with Crippen molar-refractivity contribution < 1.29 is 0 Å². The van der Waals surface area contributed by atoms with Crippen molar-refractivity contribution in [3.8, 4) is 145 Å². The first kappa shape index (κ1) is 87.9. The highest BCUT2D eigenvalue weighted by molar-refractivity contribution is 6.19. The van der Waals surface area contributed by atoms with Crippen LogP contribution in [0.2, 0.25) is 0 Å². The van der Waals surface area contributed by atoms with Crippen LogP contribution in [0.1, 0.15) is 74.9 Å². The van der Waals surface area contributed by atoms with E-state index >= 15 is 0 Å². The molecule has 18 aromatic carbocycles. The van der Waals surface area contributed by atoms with Crippen molar-refractivity contribution in [2.45, 2.75) is 57.8 Å². The first-order valence-corrected chi connectivity index (χ1v) is 51.2. The van der Waals surface area contributed by atoms with Crippen LogP contribution in [0, 0.1) is 0 Å². The Balaban J connectivity index is 0.000000108. The number of benzene rings is 18. The molecular weight excluding hydrogens is 1810 g/mol. The Bertz CT molecular complexity index is 10300. The van der Waals surface area contributed by atoms with Gasteiger partial charge in [0.2, 0.25) is 0 Å². The van der Waals surface area contributed by atoms with Crippen LogP contribution in [-0.2, 0) is 16.2 Å². The number of nitrogens with zero attached hydrogens (tertiary/aromatic N) is 9. The van der Waals surface area contributed by atoms with E-state index in [1.807, 2.05) is 42.9 Å². The van der Waals surface area contributed by atoms with Crippen molar-refractivity contribution in [3.63, 3.8) is 0 Å². The Kier molecular flexibility index (Phi) is 20.5. The maximum atomic E-state index is 5.38. The summed E-state index contributed by atoms with van der Waals surface area (Å²) in [6.07, 6.45) is 5.53. The normalized spacial score (nSPS) is 13.2. The Morgan fingerprint density at radius 2 is 0.483 bits per heavy atom. The quantitative estimate of drug-likeness (QED) is 0.123. The van der Waals surface area contributed by atoms with E-state index in [9.17, 15) is 0 Å². The molecule has 9 heterocycles. The molecule has 3 aliphatic rings. The molecule has 0 unspecified atom stereocenters. The lowest BCUT2D eigenvalue weighted by Gasteiger charge is -2.25. The molecule has 0 bridgehead atoms. The molecule has 9 aromatic heterocycles. The predicted molar refractivity (Wildman–Crippen MR) is 619 cm³/mol. The molecule has 0 spiro atoms. The van der Waals surface area contributed by atoms with E-state index in [0.717, 1.165) is 161 Å². The lowest BCUT2D eigenvalue weighted by atomic mass is 9.78. The molecule has 0 aliphatic heterocycles. The molecule has 700 valence electrons. The number of hydrogen-bond acceptors (Lipinski definition) is 9. The van der Waals surface area contributed by atoms with Gasteiger partial charge in [-0.15, -0.1) is 0 Å². The molecule has 9 heteroatoms. The van der Waals surface area contributed by atoms with Gasteiger partial charge in [-0.25, -0.2) is 29.9 Å². The minimum Gasteiger partial charge on any atom is -0.254 e. The van der Waals surface area contributed by atoms with Gasteiger partial charge < -0.3 is 0 Å². The monoisotopic (exact) mass is 1900 g/mol. The van der Waals surface area contributed by atoms with Crippen molar-refractivity contribution >= 4 is 120 Å². The minimum atomic E-state index is -0.205. The maximum absolute atomic E-state index is 5.38. The highest BCUT2D eigenvalue weighted by atomic mass is 14.8. The van der Waals surface area contributed by atoms with Gasteiger partial charge >= 0.3 is 0 Å². The summed E-state index contributed by atoms with van der Waals surface area (Å²) >= 11 is 0.